The van der Waals surface area contributed by atoms with Gasteiger partial charge in [-0.15, -0.1) is 0 Å². The van der Waals surface area contributed by atoms with Crippen molar-refractivity contribution < 1.29 is 4.74 Å². The van der Waals surface area contributed by atoms with Crippen LogP contribution in [0.25, 0.3) is 0 Å². The van der Waals surface area contributed by atoms with E-state index in [1.807, 2.05) is 24.4 Å². The number of para-hydroxylation sites is 1. The maximum absolute atomic E-state index is 5.70. The summed E-state index contributed by atoms with van der Waals surface area (Å²) < 4.78 is 6.75. The molecular weight excluding hydrogens is 365 g/mol. The van der Waals surface area contributed by atoms with E-state index in [9.17, 15) is 0 Å². The van der Waals surface area contributed by atoms with Gasteiger partial charge in [-0.1, -0.05) is 18.2 Å². The minimum Gasteiger partial charge on any atom is -0.493 e. The number of nitrogens with zero attached hydrogens (tertiary/aromatic N) is 2. The summed E-state index contributed by atoms with van der Waals surface area (Å²) in [5.41, 5.74) is 1.18. The molecule has 0 saturated carbocycles. The average molecular weight is 381 g/mol. The second-order valence-electron chi connectivity index (χ2n) is 4.68. The molecule has 1 aliphatic heterocycles. The van der Waals surface area contributed by atoms with Gasteiger partial charge in [-0.25, -0.2) is 9.97 Å². The SMILES string of the molecule is CCNc1nc(C2CCOc3ccccc32)ncc1I. The van der Waals surface area contributed by atoms with E-state index in [0.717, 1.165) is 33.9 Å². The molecule has 0 amide bonds. The number of ether oxygens (including phenoxy) is 1. The fourth-order valence-electron chi connectivity index (χ4n) is 2.45. The first kappa shape index (κ1) is 13.6. The van der Waals surface area contributed by atoms with Crippen LogP contribution in [0, 0.1) is 3.57 Å². The molecule has 1 N–H and O–H groups in total. The minimum absolute atomic E-state index is 0.217. The number of aromatic nitrogens is 2. The number of hydrogen-bond donors (Lipinski definition) is 1. The number of halogens is 1. The van der Waals surface area contributed by atoms with Crippen molar-refractivity contribution in [2.45, 2.75) is 19.3 Å². The van der Waals surface area contributed by atoms with Crippen LogP contribution in [-0.4, -0.2) is 23.1 Å². The van der Waals surface area contributed by atoms with Gasteiger partial charge in [0.05, 0.1) is 16.1 Å². The molecule has 1 atom stereocenters. The lowest BCUT2D eigenvalue weighted by molar-refractivity contribution is 0.274. The summed E-state index contributed by atoms with van der Waals surface area (Å²) in [5, 5.41) is 3.29. The fraction of sp³-hybridized carbons (Fsp3) is 0.333. The van der Waals surface area contributed by atoms with Gasteiger partial charge in [0.2, 0.25) is 0 Å². The van der Waals surface area contributed by atoms with Gasteiger partial charge >= 0.3 is 0 Å². The monoisotopic (exact) mass is 381 g/mol. The molecule has 5 heteroatoms. The van der Waals surface area contributed by atoms with Crippen LogP contribution in [0.1, 0.15) is 30.7 Å². The smallest absolute Gasteiger partial charge is 0.143 e. The molecule has 1 aromatic carbocycles. The van der Waals surface area contributed by atoms with Gasteiger partial charge in [0, 0.05) is 18.3 Å². The maximum atomic E-state index is 5.70. The van der Waals surface area contributed by atoms with E-state index < -0.39 is 0 Å². The molecule has 104 valence electrons. The van der Waals surface area contributed by atoms with Gasteiger partial charge in [0.15, 0.2) is 0 Å². The highest BCUT2D eigenvalue weighted by atomic mass is 127. The van der Waals surface area contributed by atoms with E-state index in [4.69, 9.17) is 9.72 Å². The van der Waals surface area contributed by atoms with E-state index in [1.165, 1.54) is 5.56 Å². The Labute approximate surface area is 132 Å². The highest BCUT2D eigenvalue weighted by Gasteiger charge is 2.25. The van der Waals surface area contributed by atoms with Gasteiger partial charge < -0.3 is 10.1 Å². The number of anilines is 1. The van der Waals surface area contributed by atoms with Crippen molar-refractivity contribution in [3.63, 3.8) is 0 Å². The Hall–Kier alpha value is -1.37. The Balaban J connectivity index is 2.00. The van der Waals surface area contributed by atoms with Crippen LogP contribution in [-0.2, 0) is 0 Å². The zero-order valence-corrected chi connectivity index (χ0v) is 13.4. The van der Waals surface area contributed by atoms with Gasteiger partial charge in [-0.2, -0.15) is 0 Å². The molecule has 1 aromatic heterocycles. The van der Waals surface area contributed by atoms with Crippen LogP contribution in [0.15, 0.2) is 30.5 Å². The highest BCUT2D eigenvalue weighted by Crippen LogP contribution is 2.36. The predicted octanol–water partition coefficient (Wildman–Crippen LogP) is 3.43. The summed E-state index contributed by atoms with van der Waals surface area (Å²) in [7, 11) is 0. The second-order valence-corrected chi connectivity index (χ2v) is 5.84. The van der Waals surface area contributed by atoms with E-state index in [1.54, 1.807) is 0 Å². The number of rotatable bonds is 3. The van der Waals surface area contributed by atoms with Crippen molar-refractivity contribution in [1.29, 1.82) is 0 Å². The molecule has 2 heterocycles. The maximum Gasteiger partial charge on any atom is 0.143 e. The molecule has 3 rings (SSSR count). The van der Waals surface area contributed by atoms with E-state index in [0.29, 0.717) is 6.61 Å². The normalized spacial score (nSPS) is 17.2. The summed E-state index contributed by atoms with van der Waals surface area (Å²) in [4.78, 5) is 9.23. The first-order chi connectivity index (χ1) is 9.79. The van der Waals surface area contributed by atoms with Crippen LogP contribution in [0.3, 0.4) is 0 Å². The summed E-state index contributed by atoms with van der Waals surface area (Å²) in [6.45, 7) is 3.64. The van der Waals surface area contributed by atoms with Crippen molar-refractivity contribution in [3.05, 3.63) is 45.4 Å². The van der Waals surface area contributed by atoms with Gasteiger partial charge in [-0.05, 0) is 42.0 Å². The number of hydrogen-bond acceptors (Lipinski definition) is 4. The van der Waals surface area contributed by atoms with Gasteiger partial charge in [0.25, 0.3) is 0 Å². The minimum atomic E-state index is 0.217. The standard InChI is InChI=1S/C15H16IN3O/c1-2-17-15-12(16)9-18-14(19-15)11-7-8-20-13-6-4-3-5-10(11)13/h3-6,9,11H,2,7-8H2,1H3,(H,17,18,19). The van der Waals surface area contributed by atoms with Crippen molar-refractivity contribution >= 4 is 28.4 Å². The van der Waals surface area contributed by atoms with E-state index >= 15 is 0 Å². The Morgan fingerprint density at radius 2 is 2.25 bits per heavy atom. The number of nitrogens with one attached hydrogen (secondary N) is 1. The van der Waals surface area contributed by atoms with Gasteiger partial charge in [0.1, 0.15) is 17.4 Å². The average Bonchev–Trinajstić information content (AvgIpc) is 2.49. The lowest BCUT2D eigenvalue weighted by Crippen LogP contribution is -2.18. The Kier molecular flexibility index (Phi) is 4.05. The molecule has 0 spiro atoms. The molecule has 0 fully saturated rings. The van der Waals surface area contributed by atoms with Crippen molar-refractivity contribution in [1.82, 2.24) is 9.97 Å². The van der Waals surface area contributed by atoms with Crippen LogP contribution in [0.2, 0.25) is 0 Å². The van der Waals surface area contributed by atoms with Crippen molar-refractivity contribution in [3.8, 4) is 5.75 Å². The number of benzene rings is 1. The molecule has 0 radical (unpaired) electrons. The lowest BCUT2D eigenvalue weighted by atomic mass is 9.92. The molecule has 2 aromatic rings. The topological polar surface area (TPSA) is 47.0 Å². The first-order valence-corrected chi connectivity index (χ1v) is 7.85. The first-order valence-electron chi connectivity index (χ1n) is 6.77. The molecule has 0 bridgehead atoms. The van der Waals surface area contributed by atoms with Crippen LogP contribution in [0.5, 0.6) is 5.75 Å². The third-order valence-corrected chi connectivity index (χ3v) is 4.17. The molecule has 4 nitrogen and oxygen atoms in total. The molecule has 1 unspecified atom stereocenters. The lowest BCUT2D eigenvalue weighted by Gasteiger charge is -2.25. The van der Waals surface area contributed by atoms with Crippen LogP contribution in [0.4, 0.5) is 5.82 Å². The third kappa shape index (κ3) is 2.59. The zero-order valence-electron chi connectivity index (χ0n) is 11.3. The molecule has 1 aliphatic rings. The Bertz CT molecular complexity index is 618. The summed E-state index contributed by atoms with van der Waals surface area (Å²) in [6.07, 6.45) is 2.81. The quantitative estimate of drug-likeness (QED) is 0.828. The van der Waals surface area contributed by atoms with Gasteiger partial charge in [-0.3, -0.25) is 0 Å². The molecular formula is C15H16IN3O. The zero-order chi connectivity index (χ0) is 13.9. The largest absolute Gasteiger partial charge is 0.493 e. The molecule has 20 heavy (non-hydrogen) atoms. The Morgan fingerprint density at radius 1 is 1.40 bits per heavy atom. The van der Waals surface area contributed by atoms with Crippen molar-refractivity contribution in [2.24, 2.45) is 0 Å². The predicted molar refractivity (Wildman–Crippen MR) is 87.3 cm³/mol. The third-order valence-electron chi connectivity index (χ3n) is 3.38. The van der Waals surface area contributed by atoms with E-state index in [2.05, 4.69) is 45.9 Å². The van der Waals surface area contributed by atoms with E-state index in [-0.39, 0.29) is 5.92 Å². The summed E-state index contributed by atoms with van der Waals surface area (Å²) in [5.74, 6) is 2.96. The fourth-order valence-corrected chi connectivity index (χ4v) is 2.90. The number of fused-ring (bicyclic) bond motifs is 1. The molecule has 0 saturated heterocycles. The summed E-state index contributed by atoms with van der Waals surface area (Å²) >= 11 is 2.26. The van der Waals surface area contributed by atoms with Crippen LogP contribution < -0.4 is 10.1 Å². The van der Waals surface area contributed by atoms with Crippen LogP contribution >= 0.6 is 22.6 Å². The Morgan fingerprint density at radius 3 is 3.10 bits per heavy atom. The van der Waals surface area contributed by atoms with Crippen molar-refractivity contribution in [2.75, 3.05) is 18.5 Å². The second kappa shape index (κ2) is 5.95. The highest BCUT2D eigenvalue weighted by molar-refractivity contribution is 14.1. The summed E-state index contributed by atoms with van der Waals surface area (Å²) in [6, 6.07) is 8.16. The molecule has 0 aliphatic carbocycles.